The summed E-state index contributed by atoms with van der Waals surface area (Å²) in [6.45, 7) is 0. The third-order valence-corrected chi connectivity index (χ3v) is 3.95. The molecule has 1 aromatic rings. The molecule has 0 heterocycles. The Morgan fingerprint density at radius 3 is 2.40 bits per heavy atom. The summed E-state index contributed by atoms with van der Waals surface area (Å²) in [5.41, 5.74) is 7.10. The largest absolute Gasteiger partial charge is 0.327 e. The highest BCUT2D eigenvalue weighted by atomic mass is 35.5. The van der Waals surface area contributed by atoms with Gasteiger partial charge >= 0.3 is 0 Å². The predicted octanol–water partition coefficient (Wildman–Crippen LogP) is 3.66. The lowest BCUT2D eigenvalue weighted by atomic mass is 9.95. The van der Waals surface area contributed by atoms with Crippen LogP contribution in [0.2, 0.25) is 10.0 Å². The van der Waals surface area contributed by atoms with E-state index in [-0.39, 0.29) is 0 Å². The summed E-state index contributed by atoms with van der Waals surface area (Å²) < 4.78 is 0. The van der Waals surface area contributed by atoms with Crippen LogP contribution in [0.25, 0.3) is 0 Å². The van der Waals surface area contributed by atoms with Gasteiger partial charge in [0.25, 0.3) is 0 Å². The van der Waals surface area contributed by atoms with Gasteiger partial charge in [0, 0.05) is 16.1 Å². The zero-order valence-electron chi connectivity index (χ0n) is 8.55. The number of rotatable bonds is 2. The minimum Gasteiger partial charge on any atom is -0.327 e. The minimum absolute atomic E-state index is 0.317. The van der Waals surface area contributed by atoms with Gasteiger partial charge < -0.3 is 5.73 Å². The van der Waals surface area contributed by atoms with E-state index in [4.69, 9.17) is 28.9 Å². The second-order valence-electron chi connectivity index (χ2n) is 4.26. The lowest BCUT2D eigenvalue weighted by Gasteiger charge is -2.16. The molecule has 2 unspecified atom stereocenters. The number of halogens is 2. The van der Waals surface area contributed by atoms with Gasteiger partial charge in [0.1, 0.15) is 0 Å². The van der Waals surface area contributed by atoms with Crippen LogP contribution >= 0.6 is 23.2 Å². The molecule has 0 aromatic heterocycles. The van der Waals surface area contributed by atoms with Crippen molar-refractivity contribution < 1.29 is 0 Å². The first-order valence-corrected chi connectivity index (χ1v) is 6.12. The van der Waals surface area contributed by atoms with Crippen molar-refractivity contribution in [2.24, 2.45) is 11.7 Å². The van der Waals surface area contributed by atoms with Crippen LogP contribution in [-0.2, 0) is 6.42 Å². The third kappa shape index (κ3) is 2.47. The first-order chi connectivity index (χ1) is 7.18. The van der Waals surface area contributed by atoms with Crippen molar-refractivity contribution in [3.63, 3.8) is 0 Å². The molecule has 1 nitrogen and oxygen atoms in total. The fourth-order valence-electron chi connectivity index (χ4n) is 2.31. The molecule has 3 heteroatoms. The molecule has 2 rings (SSSR count). The SMILES string of the molecule is NC1CCCC1Cc1c(Cl)cccc1Cl. The molecule has 1 aliphatic rings. The normalized spacial score (nSPS) is 25.8. The van der Waals surface area contributed by atoms with Crippen LogP contribution in [0.3, 0.4) is 0 Å². The number of nitrogens with two attached hydrogens (primary N) is 1. The predicted molar refractivity (Wildman–Crippen MR) is 65.5 cm³/mol. The highest BCUT2D eigenvalue weighted by Crippen LogP contribution is 2.32. The summed E-state index contributed by atoms with van der Waals surface area (Å²) in [6.07, 6.45) is 4.48. The van der Waals surface area contributed by atoms with Crippen molar-refractivity contribution in [2.75, 3.05) is 0 Å². The molecule has 82 valence electrons. The van der Waals surface area contributed by atoms with Gasteiger partial charge in [-0.2, -0.15) is 0 Å². The quantitative estimate of drug-likeness (QED) is 0.844. The van der Waals surface area contributed by atoms with E-state index in [1.54, 1.807) is 0 Å². The van der Waals surface area contributed by atoms with Crippen LogP contribution in [-0.4, -0.2) is 6.04 Å². The van der Waals surface area contributed by atoms with Gasteiger partial charge in [-0.05, 0) is 42.9 Å². The van der Waals surface area contributed by atoms with Gasteiger partial charge in [-0.15, -0.1) is 0 Å². The molecular weight excluding hydrogens is 229 g/mol. The third-order valence-electron chi connectivity index (χ3n) is 3.25. The molecule has 1 aromatic carbocycles. The van der Waals surface area contributed by atoms with Crippen LogP contribution in [0.5, 0.6) is 0 Å². The highest BCUT2D eigenvalue weighted by Gasteiger charge is 2.25. The minimum atomic E-state index is 0.317. The molecule has 0 aliphatic heterocycles. The van der Waals surface area contributed by atoms with E-state index in [2.05, 4.69) is 0 Å². The summed E-state index contributed by atoms with van der Waals surface area (Å²) in [5.74, 6) is 0.544. The van der Waals surface area contributed by atoms with Crippen molar-refractivity contribution in [2.45, 2.75) is 31.7 Å². The molecule has 1 saturated carbocycles. The first kappa shape index (κ1) is 11.3. The smallest absolute Gasteiger partial charge is 0.0452 e. The Morgan fingerprint density at radius 2 is 1.87 bits per heavy atom. The summed E-state index contributed by atoms with van der Waals surface area (Å²) in [7, 11) is 0. The van der Waals surface area contributed by atoms with Gasteiger partial charge in [0.2, 0.25) is 0 Å². The average molecular weight is 244 g/mol. The topological polar surface area (TPSA) is 26.0 Å². The second-order valence-corrected chi connectivity index (χ2v) is 5.07. The Balaban J connectivity index is 2.16. The molecule has 0 bridgehead atoms. The molecule has 0 radical (unpaired) electrons. The van der Waals surface area contributed by atoms with E-state index in [1.165, 1.54) is 12.8 Å². The molecule has 2 N–H and O–H groups in total. The maximum Gasteiger partial charge on any atom is 0.0452 e. The van der Waals surface area contributed by atoms with Gasteiger partial charge in [-0.3, -0.25) is 0 Å². The van der Waals surface area contributed by atoms with Gasteiger partial charge in [0.05, 0.1) is 0 Å². The maximum atomic E-state index is 6.13. The fourth-order valence-corrected chi connectivity index (χ4v) is 2.86. The average Bonchev–Trinajstić information content (AvgIpc) is 2.58. The van der Waals surface area contributed by atoms with E-state index < -0.39 is 0 Å². The second kappa shape index (κ2) is 4.73. The zero-order valence-corrected chi connectivity index (χ0v) is 10.1. The molecule has 0 saturated heterocycles. The van der Waals surface area contributed by atoms with Crippen molar-refractivity contribution in [1.82, 2.24) is 0 Å². The summed E-state index contributed by atoms with van der Waals surface area (Å²) in [5, 5.41) is 1.53. The van der Waals surface area contributed by atoms with E-state index in [1.807, 2.05) is 18.2 Å². The number of hydrogen-bond acceptors (Lipinski definition) is 1. The molecule has 1 fully saturated rings. The fraction of sp³-hybridized carbons (Fsp3) is 0.500. The Hall–Kier alpha value is -0.240. The lowest BCUT2D eigenvalue weighted by molar-refractivity contribution is 0.479. The molecule has 1 aliphatic carbocycles. The van der Waals surface area contributed by atoms with E-state index in [0.717, 1.165) is 28.5 Å². The van der Waals surface area contributed by atoms with Gasteiger partial charge in [-0.1, -0.05) is 35.7 Å². The van der Waals surface area contributed by atoms with Crippen molar-refractivity contribution in [3.8, 4) is 0 Å². The molecule has 2 atom stereocenters. The van der Waals surface area contributed by atoms with E-state index in [0.29, 0.717) is 12.0 Å². The van der Waals surface area contributed by atoms with Crippen LogP contribution < -0.4 is 5.73 Å². The number of hydrogen-bond donors (Lipinski definition) is 1. The number of benzene rings is 1. The van der Waals surface area contributed by atoms with Crippen LogP contribution in [0.4, 0.5) is 0 Å². The Morgan fingerprint density at radius 1 is 1.20 bits per heavy atom. The Bertz CT molecular complexity index is 331. The Labute approximate surface area is 101 Å². The van der Waals surface area contributed by atoms with Crippen LogP contribution in [0.1, 0.15) is 24.8 Å². The summed E-state index contributed by atoms with van der Waals surface area (Å²) in [6, 6.07) is 5.98. The van der Waals surface area contributed by atoms with E-state index >= 15 is 0 Å². The first-order valence-electron chi connectivity index (χ1n) is 5.37. The zero-order chi connectivity index (χ0) is 10.8. The van der Waals surface area contributed by atoms with Gasteiger partial charge in [0.15, 0.2) is 0 Å². The van der Waals surface area contributed by atoms with Crippen molar-refractivity contribution in [1.29, 1.82) is 0 Å². The Kier molecular flexibility index (Phi) is 3.55. The van der Waals surface area contributed by atoms with E-state index in [9.17, 15) is 0 Å². The van der Waals surface area contributed by atoms with Crippen LogP contribution in [0, 0.1) is 5.92 Å². The molecule has 15 heavy (non-hydrogen) atoms. The summed E-state index contributed by atoms with van der Waals surface area (Å²) in [4.78, 5) is 0. The summed E-state index contributed by atoms with van der Waals surface area (Å²) >= 11 is 12.3. The van der Waals surface area contributed by atoms with Crippen molar-refractivity contribution in [3.05, 3.63) is 33.8 Å². The standard InChI is InChI=1S/C12H15Cl2N/c13-10-4-2-5-11(14)9(10)7-8-3-1-6-12(8)15/h2,4-5,8,12H,1,3,6-7,15H2. The maximum absolute atomic E-state index is 6.13. The van der Waals surface area contributed by atoms with Crippen molar-refractivity contribution >= 4 is 23.2 Å². The highest BCUT2D eigenvalue weighted by molar-refractivity contribution is 6.35. The molecule has 0 amide bonds. The molecular formula is C12H15Cl2N. The monoisotopic (exact) mass is 243 g/mol. The molecule has 0 spiro atoms. The lowest BCUT2D eigenvalue weighted by Crippen LogP contribution is -2.26. The van der Waals surface area contributed by atoms with Crippen LogP contribution in [0.15, 0.2) is 18.2 Å². The van der Waals surface area contributed by atoms with Gasteiger partial charge in [-0.25, -0.2) is 0 Å².